The smallest absolute Gasteiger partial charge is 0.169 e. The molecule has 2 fully saturated rings. The molecule has 1 unspecified atom stereocenters. The number of nitrogens with two attached hydrogens (primary N) is 1. The fourth-order valence-corrected chi connectivity index (χ4v) is 4.72. The van der Waals surface area contributed by atoms with Gasteiger partial charge in [0.15, 0.2) is 5.78 Å². The molecule has 0 spiro atoms. The molecule has 2 aliphatic rings. The van der Waals surface area contributed by atoms with Crippen LogP contribution in [0.1, 0.15) is 46.9 Å². The van der Waals surface area contributed by atoms with Crippen LogP contribution >= 0.6 is 11.6 Å². The fraction of sp³-hybridized carbons (Fsp3) is 0.333. The minimum absolute atomic E-state index is 0.0714. The lowest BCUT2D eigenvalue weighted by Gasteiger charge is -2.13. The molecule has 33 heavy (non-hydrogen) atoms. The molecule has 1 aliphatic heterocycles. The molecule has 1 aliphatic carbocycles. The molecule has 4 aromatic rings. The summed E-state index contributed by atoms with van der Waals surface area (Å²) in [4.78, 5) is 21.8. The Kier molecular flexibility index (Phi) is 4.64. The lowest BCUT2D eigenvalue weighted by molar-refractivity contribution is 0.0968. The van der Waals surface area contributed by atoms with Crippen molar-refractivity contribution in [3.63, 3.8) is 0 Å². The summed E-state index contributed by atoms with van der Waals surface area (Å²) in [5.41, 5.74) is 10.5. The Balaban J connectivity index is 1.53. The maximum atomic E-state index is 13.1. The van der Waals surface area contributed by atoms with Crippen LogP contribution in [0.4, 0.5) is 5.82 Å². The molecule has 1 saturated heterocycles. The van der Waals surface area contributed by atoms with Gasteiger partial charge in [-0.3, -0.25) is 9.48 Å². The maximum Gasteiger partial charge on any atom is 0.169 e. The quantitative estimate of drug-likeness (QED) is 0.360. The van der Waals surface area contributed by atoms with Crippen molar-refractivity contribution in [1.82, 2.24) is 29.6 Å². The zero-order valence-electron chi connectivity index (χ0n) is 18.1. The van der Waals surface area contributed by atoms with Gasteiger partial charge in [-0.25, -0.2) is 9.97 Å². The number of carbonyl (C=O) groups excluding carboxylic acids is 1. The number of benzene rings is 1. The summed E-state index contributed by atoms with van der Waals surface area (Å²) in [5.74, 6) is 6.82. The number of nitrogens with one attached hydrogen (secondary N) is 1. The van der Waals surface area contributed by atoms with Gasteiger partial charge < -0.3 is 15.6 Å². The first-order valence-electron chi connectivity index (χ1n) is 11.1. The first-order valence-corrected chi connectivity index (χ1v) is 11.4. The summed E-state index contributed by atoms with van der Waals surface area (Å²) in [6.45, 7) is 1.68. The first-order chi connectivity index (χ1) is 16.0. The second kappa shape index (κ2) is 7.58. The van der Waals surface area contributed by atoms with E-state index in [4.69, 9.17) is 22.4 Å². The second-order valence-corrected chi connectivity index (χ2v) is 9.19. The van der Waals surface area contributed by atoms with E-state index in [0.29, 0.717) is 33.0 Å². The minimum Gasteiger partial charge on any atom is -0.383 e. The molecule has 8 nitrogen and oxygen atoms in total. The van der Waals surface area contributed by atoms with Crippen molar-refractivity contribution in [1.29, 1.82) is 0 Å². The maximum absolute atomic E-state index is 13.1. The Morgan fingerprint density at radius 3 is 2.85 bits per heavy atom. The summed E-state index contributed by atoms with van der Waals surface area (Å²) < 4.78 is 3.84. The number of halogens is 1. The number of anilines is 1. The molecule has 166 valence electrons. The molecule has 0 amide bonds. The van der Waals surface area contributed by atoms with E-state index in [1.807, 2.05) is 28.4 Å². The topological polar surface area (TPSA) is 104 Å². The number of nitrogens with zero attached hydrogens (tertiary/aromatic N) is 5. The van der Waals surface area contributed by atoms with Gasteiger partial charge in [0.25, 0.3) is 0 Å². The van der Waals surface area contributed by atoms with Gasteiger partial charge in [-0.1, -0.05) is 17.5 Å². The third-order valence-electron chi connectivity index (χ3n) is 6.48. The van der Waals surface area contributed by atoms with E-state index >= 15 is 0 Å². The average Bonchev–Trinajstić information content (AvgIpc) is 3.20. The summed E-state index contributed by atoms with van der Waals surface area (Å²) >= 11 is 6.51. The molecule has 1 saturated carbocycles. The zero-order chi connectivity index (χ0) is 22.7. The number of pyridine rings is 1. The van der Waals surface area contributed by atoms with Crippen LogP contribution in [0.2, 0.25) is 5.02 Å². The number of aromatic nitrogens is 5. The highest BCUT2D eigenvalue weighted by molar-refractivity contribution is 6.32. The number of fused-ring (bicyclic) bond motifs is 2. The summed E-state index contributed by atoms with van der Waals surface area (Å²) in [7, 11) is 1.92. The molecule has 9 heteroatoms. The molecular weight excluding hydrogens is 438 g/mol. The van der Waals surface area contributed by atoms with Gasteiger partial charge in [0.05, 0.1) is 44.9 Å². The number of carbonyl (C=O) groups is 1. The summed E-state index contributed by atoms with van der Waals surface area (Å²) in [6, 6.07) is 3.86. The monoisotopic (exact) mass is 459 g/mol. The normalized spacial score (nSPS) is 18.1. The molecule has 0 bridgehead atoms. The van der Waals surface area contributed by atoms with Crippen LogP contribution in [0.5, 0.6) is 0 Å². The molecule has 3 aromatic heterocycles. The van der Waals surface area contributed by atoms with Crippen molar-refractivity contribution in [2.75, 3.05) is 18.8 Å². The number of nitrogen functional groups attached to an aromatic ring is 1. The molecule has 1 atom stereocenters. The van der Waals surface area contributed by atoms with E-state index < -0.39 is 0 Å². The van der Waals surface area contributed by atoms with Crippen LogP contribution in [-0.4, -0.2) is 43.2 Å². The Morgan fingerprint density at radius 2 is 2.09 bits per heavy atom. The van der Waals surface area contributed by atoms with Crippen LogP contribution < -0.4 is 11.1 Å². The van der Waals surface area contributed by atoms with Gasteiger partial charge in [-0.2, -0.15) is 5.10 Å². The van der Waals surface area contributed by atoms with Crippen molar-refractivity contribution in [3.8, 4) is 11.8 Å². The van der Waals surface area contributed by atoms with Gasteiger partial charge in [0.1, 0.15) is 11.5 Å². The average molecular weight is 460 g/mol. The lowest BCUT2D eigenvalue weighted by Crippen LogP contribution is -2.16. The Bertz CT molecular complexity index is 1500. The van der Waals surface area contributed by atoms with E-state index in [0.717, 1.165) is 48.9 Å². The number of imidazole rings is 1. The fourth-order valence-electron chi connectivity index (χ4n) is 4.51. The van der Waals surface area contributed by atoms with Crippen molar-refractivity contribution in [2.45, 2.75) is 25.3 Å². The van der Waals surface area contributed by atoms with E-state index in [-0.39, 0.29) is 17.7 Å². The van der Waals surface area contributed by atoms with Gasteiger partial charge >= 0.3 is 0 Å². The van der Waals surface area contributed by atoms with Crippen LogP contribution in [0, 0.1) is 17.8 Å². The van der Waals surface area contributed by atoms with Gasteiger partial charge in [-0.05, 0) is 43.9 Å². The molecule has 6 rings (SSSR count). The predicted molar refractivity (Wildman–Crippen MR) is 127 cm³/mol. The number of hydrogen-bond donors (Lipinski definition) is 2. The number of ketones is 1. The summed E-state index contributed by atoms with van der Waals surface area (Å²) in [6.07, 6.45) is 6.11. The van der Waals surface area contributed by atoms with Crippen LogP contribution in [-0.2, 0) is 7.05 Å². The Morgan fingerprint density at radius 1 is 1.24 bits per heavy atom. The summed E-state index contributed by atoms with van der Waals surface area (Å²) in [5, 5.41) is 9.38. The largest absolute Gasteiger partial charge is 0.383 e. The SMILES string of the molecule is Cn1cnc2cc(C#Cc3nn(C4CCNC4)c4c(C(=O)C5CC5)cnc(N)c34)c(Cl)cc21. The molecule has 4 heterocycles. The minimum atomic E-state index is 0.0714. The van der Waals surface area contributed by atoms with E-state index in [2.05, 4.69) is 27.1 Å². The number of hydrogen-bond acceptors (Lipinski definition) is 6. The van der Waals surface area contributed by atoms with Crippen LogP contribution in [0.3, 0.4) is 0 Å². The molecule has 0 radical (unpaired) electrons. The molecule has 1 aromatic carbocycles. The standard InChI is InChI=1S/C24H22ClN7O/c1-31-12-29-19-8-14(17(25)9-20(19)31)4-5-18-21-22(32(30-18)15-6-7-27-10-15)16(11-28-24(21)26)23(33)13-2-3-13/h8-9,11-13,15,27H,2-3,6-7,10H2,1H3,(H2,26,28). The first kappa shape index (κ1) is 20.2. The number of rotatable bonds is 3. The highest BCUT2D eigenvalue weighted by atomic mass is 35.5. The zero-order valence-corrected chi connectivity index (χ0v) is 18.9. The van der Waals surface area contributed by atoms with Gasteiger partial charge in [-0.15, -0.1) is 0 Å². The molecular formula is C24H22ClN7O. The lowest BCUT2D eigenvalue weighted by atomic mass is 10.0. The van der Waals surface area contributed by atoms with Crippen molar-refractivity contribution >= 4 is 45.1 Å². The number of Topliss-reactive ketones (excluding diaryl/α,β-unsaturated/α-hetero) is 1. The Hall–Kier alpha value is -3.41. The van der Waals surface area contributed by atoms with Crippen molar-refractivity contribution in [3.05, 3.63) is 46.5 Å². The highest BCUT2D eigenvalue weighted by Gasteiger charge is 2.34. The van der Waals surface area contributed by atoms with E-state index in [9.17, 15) is 4.79 Å². The van der Waals surface area contributed by atoms with E-state index in [1.54, 1.807) is 12.5 Å². The van der Waals surface area contributed by atoms with Gasteiger partial charge in [0, 0.05) is 31.3 Å². The van der Waals surface area contributed by atoms with E-state index in [1.165, 1.54) is 0 Å². The van der Waals surface area contributed by atoms with Crippen molar-refractivity contribution in [2.24, 2.45) is 13.0 Å². The van der Waals surface area contributed by atoms with Crippen LogP contribution in [0.25, 0.3) is 21.9 Å². The van der Waals surface area contributed by atoms with Crippen molar-refractivity contribution < 1.29 is 4.79 Å². The number of aryl methyl sites for hydroxylation is 1. The third-order valence-corrected chi connectivity index (χ3v) is 6.79. The Labute approximate surface area is 195 Å². The van der Waals surface area contributed by atoms with Gasteiger partial charge in [0.2, 0.25) is 0 Å². The third kappa shape index (κ3) is 3.36. The predicted octanol–water partition coefficient (Wildman–Crippen LogP) is 3.08. The second-order valence-electron chi connectivity index (χ2n) is 8.79. The molecule has 3 N–H and O–H groups in total. The van der Waals surface area contributed by atoms with Crippen LogP contribution in [0.15, 0.2) is 24.7 Å². The highest BCUT2D eigenvalue weighted by Crippen LogP contribution is 2.37.